The second kappa shape index (κ2) is 7.48. The highest BCUT2D eigenvalue weighted by atomic mass is 19.4. The van der Waals surface area contributed by atoms with Crippen molar-refractivity contribution in [1.82, 2.24) is 19.6 Å². The molecule has 2 aromatic carbocycles. The van der Waals surface area contributed by atoms with Crippen molar-refractivity contribution in [3.63, 3.8) is 0 Å². The summed E-state index contributed by atoms with van der Waals surface area (Å²) in [5.41, 5.74) is -1.61. The number of hydrogen-bond acceptors (Lipinski definition) is 6. The maximum atomic E-state index is 13.9. The highest BCUT2D eigenvalue weighted by Gasteiger charge is 2.39. The minimum atomic E-state index is -4.81. The van der Waals surface area contributed by atoms with Gasteiger partial charge in [0.25, 0.3) is 5.56 Å². The molecule has 0 saturated heterocycles. The molecule has 0 atom stereocenters. The molecule has 0 aliphatic heterocycles. The topological polar surface area (TPSA) is 109 Å². The first-order chi connectivity index (χ1) is 16.2. The molecule has 170 valence electrons. The lowest BCUT2D eigenvalue weighted by atomic mass is 10.1. The van der Waals surface area contributed by atoms with E-state index in [9.17, 15) is 23.2 Å². The van der Waals surface area contributed by atoms with E-state index in [1.165, 1.54) is 38.3 Å². The van der Waals surface area contributed by atoms with Crippen LogP contribution in [0.5, 0.6) is 5.75 Å². The molecule has 3 heterocycles. The van der Waals surface area contributed by atoms with Crippen LogP contribution in [-0.2, 0) is 6.18 Å². The normalized spacial score (nSPS) is 11.8. The lowest BCUT2D eigenvalue weighted by molar-refractivity contribution is -0.140. The van der Waals surface area contributed by atoms with E-state index in [2.05, 4.69) is 15.1 Å². The van der Waals surface area contributed by atoms with E-state index in [1.807, 2.05) is 6.07 Å². The van der Waals surface area contributed by atoms with Gasteiger partial charge in [-0.05, 0) is 24.6 Å². The summed E-state index contributed by atoms with van der Waals surface area (Å²) < 4.78 is 53.2. The van der Waals surface area contributed by atoms with Gasteiger partial charge in [-0.3, -0.25) is 4.79 Å². The van der Waals surface area contributed by atoms with Gasteiger partial charge in [0, 0.05) is 5.69 Å². The first-order valence-corrected chi connectivity index (χ1v) is 9.90. The van der Waals surface area contributed by atoms with Crippen LogP contribution in [0.1, 0.15) is 17.0 Å². The molecule has 34 heavy (non-hydrogen) atoms. The monoisotopic (exact) mass is 465 g/mol. The van der Waals surface area contributed by atoms with Crippen LogP contribution in [0.15, 0.2) is 51.7 Å². The Morgan fingerprint density at radius 3 is 2.53 bits per heavy atom. The summed E-state index contributed by atoms with van der Waals surface area (Å²) in [5, 5.41) is 13.0. The Labute approximate surface area is 188 Å². The highest BCUT2D eigenvalue weighted by Crippen LogP contribution is 2.39. The maximum absolute atomic E-state index is 13.9. The molecule has 3 aromatic heterocycles. The SMILES string of the molecule is COc1ccc(C#N)c2oc(-c3c(C)[nH]c4c(-c5ccccc5)c(C(F)(F)F)nn4c3=O)nc12. The number of nitrogens with one attached hydrogen (secondary N) is 1. The molecule has 0 aliphatic carbocycles. The third-order valence-corrected chi connectivity index (χ3v) is 5.36. The van der Waals surface area contributed by atoms with E-state index in [-0.39, 0.29) is 50.6 Å². The summed E-state index contributed by atoms with van der Waals surface area (Å²) in [7, 11) is 1.41. The number of methoxy groups -OCH3 is 1. The minimum absolute atomic E-state index is 0.0946. The minimum Gasteiger partial charge on any atom is -0.494 e. The van der Waals surface area contributed by atoms with E-state index in [1.54, 1.807) is 18.2 Å². The van der Waals surface area contributed by atoms with E-state index in [0.29, 0.717) is 10.3 Å². The van der Waals surface area contributed by atoms with E-state index in [4.69, 9.17) is 9.15 Å². The van der Waals surface area contributed by atoms with Gasteiger partial charge in [-0.2, -0.15) is 28.0 Å². The summed E-state index contributed by atoms with van der Waals surface area (Å²) in [6.45, 7) is 1.52. The molecule has 0 spiro atoms. The largest absolute Gasteiger partial charge is 0.494 e. The second-order valence-corrected chi connectivity index (χ2v) is 7.40. The van der Waals surface area contributed by atoms with Crippen LogP contribution in [-0.4, -0.2) is 26.7 Å². The number of H-pyrrole nitrogens is 1. The predicted molar refractivity (Wildman–Crippen MR) is 115 cm³/mol. The molecule has 0 radical (unpaired) electrons. The van der Waals surface area contributed by atoms with Crippen LogP contribution >= 0.6 is 0 Å². The van der Waals surface area contributed by atoms with Crippen molar-refractivity contribution in [1.29, 1.82) is 5.26 Å². The second-order valence-electron chi connectivity index (χ2n) is 7.40. The maximum Gasteiger partial charge on any atom is 0.435 e. The molecule has 11 heteroatoms. The Bertz CT molecular complexity index is 1670. The van der Waals surface area contributed by atoms with Crippen LogP contribution in [0.3, 0.4) is 0 Å². The zero-order valence-corrected chi connectivity index (χ0v) is 17.7. The number of aromatic amines is 1. The van der Waals surface area contributed by atoms with Gasteiger partial charge in [0.15, 0.2) is 16.8 Å². The zero-order valence-electron chi connectivity index (χ0n) is 17.7. The van der Waals surface area contributed by atoms with Crippen molar-refractivity contribution in [2.24, 2.45) is 0 Å². The predicted octanol–water partition coefficient (Wildman–Crippen LogP) is 4.71. The highest BCUT2D eigenvalue weighted by molar-refractivity contribution is 5.87. The number of alkyl halides is 3. The zero-order chi connectivity index (χ0) is 24.2. The summed E-state index contributed by atoms with van der Waals surface area (Å²) >= 11 is 0. The number of fused-ring (bicyclic) bond motifs is 2. The molecule has 0 saturated carbocycles. The van der Waals surface area contributed by atoms with Gasteiger partial charge < -0.3 is 14.1 Å². The number of aromatic nitrogens is 4. The molecule has 0 fully saturated rings. The third kappa shape index (κ3) is 3.11. The number of hydrogen-bond donors (Lipinski definition) is 1. The van der Waals surface area contributed by atoms with Crippen LogP contribution in [0.2, 0.25) is 0 Å². The summed E-state index contributed by atoms with van der Waals surface area (Å²) in [5.74, 6) is 0.131. The Morgan fingerprint density at radius 1 is 1.15 bits per heavy atom. The molecule has 5 rings (SSSR count). The van der Waals surface area contributed by atoms with Crippen LogP contribution in [0.25, 0.3) is 39.3 Å². The fourth-order valence-corrected chi connectivity index (χ4v) is 3.86. The molecule has 8 nitrogen and oxygen atoms in total. The first kappa shape index (κ1) is 21.3. The number of ether oxygens (including phenoxy) is 1. The van der Waals surface area contributed by atoms with Gasteiger partial charge in [-0.1, -0.05) is 30.3 Å². The molecule has 1 N–H and O–H groups in total. The van der Waals surface area contributed by atoms with Crippen LogP contribution in [0, 0.1) is 18.3 Å². The van der Waals surface area contributed by atoms with Crippen molar-refractivity contribution in [3.05, 3.63) is 69.8 Å². The summed E-state index contributed by atoms with van der Waals surface area (Å²) in [6, 6.07) is 12.8. The number of nitriles is 1. The van der Waals surface area contributed by atoms with Crippen molar-refractivity contribution in [2.45, 2.75) is 13.1 Å². The van der Waals surface area contributed by atoms with Gasteiger partial charge in [0.05, 0.1) is 18.2 Å². The van der Waals surface area contributed by atoms with Gasteiger partial charge in [0.2, 0.25) is 5.89 Å². The smallest absolute Gasteiger partial charge is 0.435 e. The Hall–Kier alpha value is -4.59. The van der Waals surface area contributed by atoms with Gasteiger partial charge in [0.1, 0.15) is 23.0 Å². The molecular formula is C23H14F3N5O3. The fourth-order valence-electron chi connectivity index (χ4n) is 3.86. The average Bonchev–Trinajstić information content (AvgIpc) is 3.41. The Kier molecular flexibility index (Phi) is 4.68. The standard InChI is InChI=1S/C23H14F3N5O3/c1-11-15(21-29-17-14(33-2)9-8-13(10-27)18(17)34-21)22(32)31-20(28-11)16(12-6-4-3-5-7-12)19(30-31)23(24,25)26/h3-9,28H,1-2H3. The number of nitrogens with zero attached hydrogens (tertiary/aromatic N) is 4. The molecule has 5 aromatic rings. The number of halogens is 3. The van der Waals surface area contributed by atoms with Crippen molar-refractivity contribution in [2.75, 3.05) is 7.11 Å². The van der Waals surface area contributed by atoms with Gasteiger partial charge >= 0.3 is 6.18 Å². The van der Waals surface area contributed by atoms with Crippen LogP contribution < -0.4 is 10.3 Å². The Balaban J connectivity index is 1.84. The lowest BCUT2D eigenvalue weighted by Crippen LogP contribution is -2.20. The lowest BCUT2D eigenvalue weighted by Gasteiger charge is -2.07. The average molecular weight is 465 g/mol. The summed E-state index contributed by atoms with van der Waals surface area (Å²) in [6.07, 6.45) is -4.81. The number of aryl methyl sites for hydroxylation is 1. The van der Waals surface area contributed by atoms with E-state index < -0.39 is 17.4 Å². The van der Waals surface area contributed by atoms with Crippen molar-refractivity contribution >= 4 is 16.7 Å². The van der Waals surface area contributed by atoms with Crippen molar-refractivity contribution < 1.29 is 22.3 Å². The third-order valence-electron chi connectivity index (χ3n) is 5.36. The van der Waals surface area contributed by atoms with Gasteiger partial charge in [-0.25, -0.2) is 4.98 Å². The van der Waals surface area contributed by atoms with Gasteiger partial charge in [-0.15, -0.1) is 0 Å². The molecule has 0 bridgehead atoms. The molecule has 0 aliphatic rings. The summed E-state index contributed by atoms with van der Waals surface area (Å²) in [4.78, 5) is 20.5. The van der Waals surface area contributed by atoms with Crippen molar-refractivity contribution in [3.8, 4) is 34.4 Å². The molecular weight excluding hydrogens is 451 g/mol. The first-order valence-electron chi connectivity index (χ1n) is 9.90. The molecule has 0 unspecified atom stereocenters. The quantitative estimate of drug-likeness (QED) is 0.414. The van der Waals surface area contributed by atoms with E-state index >= 15 is 0 Å². The number of benzene rings is 2. The number of rotatable bonds is 3. The molecule has 0 amide bonds. The Morgan fingerprint density at radius 2 is 1.88 bits per heavy atom. The number of oxazole rings is 1. The fraction of sp³-hybridized carbons (Fsp3) is 0.130. The van der Waals surface area contributed by atoms with E-state index in [0.717, 1.165) is 0 Å². The van der Waals surface area contributed by atoms with Crippen LogP contribution in [0.4, 0.5) is 13.2 Å².